The molecule has 22 heavy (non-hydrogen) atoms. The summed E-state index contributed by atoms with van der Waals surface area (Å²) in [5.74, 6) is -0.679. The quantitative estimate of drug-likeness (QED) is 0.632. The number of aromatic hydroxyl groups is 1. The lowest BCUT2D eigenvalue weighted by Crippen LogP contribution is -2.46. The first-order valence-electron chi connectivity index (χ1n) is 6.74. The van der Waals surface area contributed by atoms with Gasteiger partial charge in [0.15, 0.2) is 11.5 Å². The van der Waals surface area contributed by atoms with Gasteiger partial charge in [-0.25, -0.2) is 8.78 Å². The molecular formula is C13H17F2N3O4. The highest BCUT2D eigenvalue weighted by atomic mass is 19.3. The van der Waals surface area contributed by atoms with Gasteiger partial charge in [-0.3, -0.25) is 15.0 Å². The lowest BCUT2D eigenvalue weighted by atomic mass is 10.0. The Morgan fingerprint density at radius 3 is 2.55 bits per heavy atom. The minimum atomic E-state index is -2.80. The molecule has 0 spiro atoms. The first-order chi connectivity index (χ1) is 10.5. The molecule has 9 heteroatoms. The maximum absolute atomic E-state index is 13.5. The van der Waals surface area contributed by atoms with Crippen molar-refractivity contribution in [3.05, 3.63) is 27.8 Å². The molecule has 0 saturated carbocycles. The Hall–Kier alpha value is -2.00. The number of halogens is 2. The third-order valence-corrected chi connectivity index (χ3v) is 3.62. The number of nitrogens with one attached hydrogen (secondary N) is 1. The summed E-state index contributed by atoms with van der Waals surface area (Å²) in [5, 5.41) is 24.1. The number of nitro benzene ring substituents is 1. The second-order valence-electron chi connectivity index (χ2n) is 4.91. The van der Waals surface area contributed by atoms with Crippen LogP contribution in [0.2, 0.25) is 0 Å². The molecule has 1 atom stereocenters. The predicted octanol–water partition coefficient (Wildman–Crippen LogP) is 1.52. The van der Waals surface area contributed by atoms with Crippen LogP contribution in [0.5, 0.6) is 11.5 Å². The van der Waals surface area contributed by atoms with Crippen LogP contribution in [0, 0.1) is 10.1 Å². The number of hydrogen-bond acceptors (Lipinski definition) is 6. The molecule has 0 aliphatic carbocycles. The lowest BCUT2D eigenvalue weighted by molar-refractivity contribution is -0.385. The van der Waals surface area contributed by atoms with Gasteiger partial charge in [-0.15, -0.1) is 0 Å². The number of piperazine rings is 1. The molecule has 1 heterocycles. The number of nitro groups is 1. The van der Waals surface area contributed by atoms with E-state index in [-0.39, 0.29) is 11.3 Å². The van der Waals surface area contributed by atoms with Crippen LogP contribution in [0.1, 0.15) is 11.6 Å². The van der Waals surface area contributed by atoms with E-state index in [0.29, 0.717) is 26.2 Å². The van der Waals surface area contributed by atoms with Crippen LogP contribution in [-0.2, 0) is 0 Å². The maximum atomic E-state index is 13.5. The molecule has 1 saturated heterocycles. The first-order valence-corrected chi connectivity index (χ1v) is 6.74. The zero-order chi connectivity index (χ0) is 16.3. The van der Waals surface area contributed by atoms with Crippen molar-refractivity contribution < 1.29 is 23.5 Å². The summed E-state index contributed by atoms with van der Waals surface area (Å²) in [5.41, 5.74) is -0.589. The van der Waals surface area contributed by atoms with Crippen molar-refractivity contribution in [2.45, 2.75) is 12.5 Å². The van der Waals surface area contributed by atoms with Crippen molar-refractivity contribution in [2.75, 3.05) is 33.3 Å². The number of alkyl halides is 2. The molecule has 7 nitrogen and oxygen atoms in total. The Morgan fingerprint density at radius 1 is 1.41 bits per heavy atom. The molecular weight excluding hydrogens is 300 g/mol. The van der Waals surface area contributed by atoms with Crippen molar-refractivity contribution in [3.63, 3.8) is 0 Å². The Balaban J connectivity index is 2.49. The summed E-state index contributed by atoms with van der Waals surface area (Å²) in [7, 11) is 1.21. The van der Waals surface area contributed by atoms with Crippen molar-refractivity contribution in [1.29, 1.82) is 0 Å². The van der Waals surface area contributed by atoms with Crippen LogP contribution in [-0.4, -0.2) is 54.6 Å². The molecule has 122 valence electrons. The molecule has 0 aromatic heterocycles. The van der Waals surface area contributed by atoms with Gasteiger partial charge in [-0.05, 0) is 0 Å². The van der Waals surface area contributed by atoms with Crippen LogP contribution < -0.4 is 10.1 Å². The Bertz CT molecular complexity index is 550. The molecule has 1 aliphatic rings. The molecule has 2 N–H and O–H groups in total. The minimum Gasteiger partial charge on any atom is -0.504 e. The van der Waals surface area contributed by atoms with E-state index in [9.17, 15) is 24.0 Å². The fourth-order valence-electron chi connectivity index (χ4n) is 2.55. The number of ether oxygens (including phenoxy) is 1. The van der Waals surface area contributed by atoms with Crippen LogP contribution >= 0.6 is 0 Å². The van der Waals surface area contributed by atoms with E-state index in [1.165, 1.54) is 12.0 Å². The van der Waals surface area contributed by atoms with E-state index in [4.69, 9.17) is 4.74 Å². The number of phenols is 1. The molecule has 2 rings (SSSR count). The normalized spacial score (nSPS) is 17.5. The van der Waals surface area contributed by atoms with Crippen LogP contribution in [0.15, 0.2) is 12.1 Å². The third kappa shape index (κ3) is 3.25. The maximum Gasteiger partial charge on any atom is 0.273 e. The van der Waals surface area contributed by atoms with E-state index in [1.807, 2.05) is 0 Å². The van der Waals surface area contributed by atoms with E-state index < -0.39 is 28.8 Å². The van der Waals surface area contributed by atoms with Crippen LogP contribution in [0.25, 0.3) is 0 Å². The van der Waals surface area contributed by atoms with Gasteiger partial charge in [0.1, 0.15) is 6.04 Å². The molecule has 0 radical (unpaired) electrons. The number of benzene rings is 1. The Labute approximate surface area is 125 Å². The predicted molar refractivity (Wildman–Crippen MR) is 74.5 cm³/mol. The fraction of sp³-hybridized carbons (Fsp3) is 0.538. The van der Waals surface area contributed by atoms with Crippen molar-refractivity contribution in [3.8, 4) is 11.5 Å². The molecule has 1 aliphatic heterocycles. The monoisotopic (exact) mass is 317 g/mol. The third-order valence-electron chi connectivity index (χ3n) is 3.62. The summed E-state index contributed by atoms with van der Waals surface area (Å²) < 4.78 is 31.9. The highest BCUT2D eigenvalue weighted by Gasteiger charge is 2.34. The second-order valence-corrected chi connectivity index (χ2v) is 4.91. The number of nitrogens with zero attached hydrogens (tertiary/aromatic N) is 2. The van der Waals surface area contributed by atoms with E-state index in [2.05, 4.69) is 5.32 Å². The van der Waals surface area contributed by atoms with Crippen molar-refractivity contribution >= 4 is 5.69 Å². The van der Waals surface area contributed by atoms with Crippen molar-refractivity contribution in [1.82, 2.24) is 10.2 Å². The molecule has 0 unspecified atom stereocenters. The summed E-state index contributed by atoms with van der Waals surface area (Å²) in [6, 6.07) is 0.575. The number of rotatable bonds is 5. The largest absolute Gasteiger partial charge is 0.504 e. The minimum absolute atomic E-state index is 0.190. The molecule has 1 fully saturated rings. The Morgan fingerprint density at radius 2 is 2.05 bits per heavy atom. The van der Waals surface area contributed by atoms with E-state index >= 15 is 0 Å². The second kappa shape index (κ2) is 6.84. The molecule has 0 bridgehead atoms. The van der Waals surface area contributed by atoms with Crippen molar-refractivity contribution in [2.24, 2.45) is 0 Å². The first kappa shape index (κ1) is 16.4. The van der Waals surface area contributed by atoms with Gasteiger partial charge in [-0.1, -0.05) is 0 Å². The standard InChI is InChI=1S/C13H17F2N3O4/c1-22-10-7-8(18(20)21)6-9(12(10)19)11(13(14)15)17-4-2-16-3-5-17/h6-7,11,13,16,19H,2-5H2,1H3/t11-/m1/s1. The average molecular weight is 317 g/mol. The van der Waals surface area contributed by atoms with Gasteiger partial charge in [0.25, 0.3) is 12.1 Å². The smallest absolute Gasteiger partial charge is 0.273 e. The van der Waals surface area contributed by atoms with Crippen LogP contribution in [0.3, 0.4) is 0 Å². The summed E-state index contributed by atoms with van der Waals surface area (Å²) >= 11 is 0. The Kier molecular flexibility index (Phi) is 5.09. The zero-order valence-corrected chi connectivity index (χ0v) is 12.0. The fourth-order valence-corrected chi connectivity index (χ4v) is 2.55. The molecule has 1 aromatic rings. The van der Waals surface area contributed by atoms with Gasteiger partial charge in [-0.2, -0.15) is 0 Å². The SMILES string of the molecule is COc1cc([N+](=O)[O-])cc([C@H](C(F)F)N2CCNCC2)c1O. The number of hydrogen-bond donors (Lipinski definition) is 2. The van der Waals surface area contributed by atoms with Crippen LogP contribution in [0.4, 0.5) is 14.5 Å². The number of non-ortho nitro benzene ring substituents is 1. The van der Waals surface area contributed by atoms with Gasteiger partial charge < -0.3 is 15.2 Å². The van der Waals surface area contributed by atoms with Gasteiger partial charge >= 0.3 is 0 Å². The summed E-state index contributed by atoms with van der Waals surface area (Å²) in [6.45, 7) is 1.80. The highest BCUT2D eigenvalue weighted by molar-refractivity contribution is 5.54. The lowest BCUT2D eigenvalue weighted by Gasteiger charge is -2.34. The number of phenolic OH excluding ortho intramolecular Hbond substituents is 1. The number of methoxy groups -OCH3 is 1. The zero-order valence-electron chi connectivity index (χ0n) is 12.0. The van der Waals surface area contributed by atoms with Gasteiger partial charge in [0, 0.05) is 37.8 Å². The summed E-state index contributed by atoms with van der Waals surface area (Å²) in [4.78, 5) is 11.8. The van der Waals surface area contributed by atoms with Gasteiger partial charge in [0.05, 0.1) is 18.1 Å². The highest BCUT2D eigenvalue weighted by Crippen LogP contribution is 2.41. The van der Waals surface area contributed by atoms with Gasteiger partial charge in [0.2, 0.25) is 0 Å². The average Bonchev–Trinajstić information content (AvgIpc) is 2.49. The topological polar surface area (TPSA) is 87.9 Å². The van der Waals surface area contributed by atoms with E-state index in [1.54, 1.807) is 0 Å². The molecule has 0 amide bonds. The van der Waals surface area contributed by atoms with E-state index in [0.717, 1.165) is 12.1 Å². The molecule has 1 aromatic carbocycles. The summed E-state index contributed by atoms with van der Waals surface area (Å²) in [6.07, 6.45) is -2.80.